The summed E-state index contributed by atoms with van der Waals surface area (Å²) in [6.07, 6.45) is 0. The second-order valence-electron chi connectivity index (χ2n) is 4.47. The first-order valence-electron chi connectivity index (χ1n) is 6.65. The van der Waals surface area contributed by atoms with Crippen LogP contribution in [0.25, 0.3) is 0 Å². The molecule has 0 radical (unpaired) electrons. The molecule has 0 fully saturated rings. The number of nitrogens with two attached hydrogens (primary N) is 1. The molecular formula is C16H15ClN2O3. The SMILES string of the molecule is CCOc1ccc(C(N)=O)cc1C(=O)Nc1ccc(Cl)cc1. The molecule has 0 saturated carbocycles. The van der Waals surface area contributed by atoms with Gasteiger partial charge in [-0.05, 0) is 49.4 Å². The molecule has 0 unspecified atom stereocenters. The highest BCUT2D eigenvalue weighted by atomic mass is 35.5. The van der Waals surface area contributed by atoms with Crippen molar-refractivity contribution in [3.8, 4) is 5.75 Å². The topological polar surface area (TPSA) is 81.4 Å². The lowest BCUT2D eigenvalue weighted by Gasteiger charge is -2.11. The van der Waals surface area contributed by atoms with Crippen molar-refractivity contribution in [1.82, 2.24) is 0 Å². The summed E-state index contributed by atoms with van der Waals surface area (Å²) in [6, 6.07) is 11.2. The number of carbonyl (C=O) groups excluding carboxylic acids is 2. The Morgan fingerprint density at radius 3 is 2.45 bits per heavy atom. The summed E-state index contributed by atoms with van der Waals surface area (Å²) in [5.41, 5.74) is 6.32. The maximum Gasteiger partial charge on any atom is 0.259 e. The predicted octanol–water partition coefficient (Wildman–Crippen LogP) is 3.09. The van der Waals surface area contributed by atoms with Gasteiger partial charge in [0.05, 0.1) is 12.2 Å². The zero-order valence-corrected chi connectivity index (χ0v) is 12.7. The molecule has 114 valence electrons. The summed E-state index contributed by atoms with van der Waals surface area (Å²) in [4.78, 5) is 23.7. The van der Waals surface area contributed by atoms with Gasteiger partial charge in [0, 0.05) is 16.3 Å². The van der Waals surface area contributed by atoms with E-state index in [1.54, 1.807) is 30.3 Å². The Labute approximate surface area is 133 Å². The number of hydrogen-bond acceptors (Lipinski definition) is 3. The third kappa shape index (κ3) is 3.77. The minimum Gasteiger partial charge on any atom is -0.493 e. The first-order chi connectivity index (χ1) is 10.5. The summed E-state index contributed by atoms with van der Waals surface area (Å²) in [5.74, 6) is -0.614. The number of benzene rings is 2. The molecule has 0 aliphatic carbocycles. The van der Waals surface area contributed by atoms with Gasteiger partial charge in [-0.15, -0.1) is 0 Å². The highest BCUT2D eigenvalue weighted by Gasteiger charge is 2.15. The van der Waals surface area contributed by atoms with E-state index >= 15 is 0 Å². The van der Waals surface area contributed by atoms with Gasteiger partial charge in [-0.25, -0.2) is 0 Å². The molecule has 6 heteroatoms. The zero-order chi connectivity index (χ0) is 16.1. The fourth-order valence-corrected chi connectivity index (χ4v) is 2.00. The van der Waals surface area contributed by atoms with Gasteiger partial charge in [0.15, 0.2) is 0 Å². The van der Waals surface area contributed by atoms with Crippen LogP contribution in [0.15, 0.2) is 42.5 Å². The van der Waals surface area contributed by atoms with Crippen LogP contribution in [0.4, 0.5) is 5.69 Å². The third-order valence-electron chi connectivity index (χ3n) is 2.91. The number of halogens is 1. The van der Waals surface area contributed by atoms with E-state index in [1.807, 2.05) is 6.92 Å². The van der Waals surface area contributed by atoms with Crippen LogP contribution in [0.1, 0.15) is 27.6 Å². The molecule has 0 bridgehead atoms. The molecule has 0 heterocycles. The fraction of sp³-hybridized carbons (Fsp3) is 0.125. The van der Waals surface area contributed by atoms with Crippen molar-refractivity contribution in [2.24, 2.45) is 5.73 Å². The van der Waals surface area contributed by atoms with Crippen LogP contribution >= 0.6 is 11.6 Å². The number of anilines is 1. The number of amides is 2. The van der Waals surface area contributed by atoms with E-state index in [0.29, 0.717) is 23.1 Å². The fourth-order valence-electron chi connectivity index (χ4n) is 1.87. The summed E-state index contributed by atoms with van der Waals surface area (Å²) in [6.45, 7) is 2.21. The number of carbonyl (C=O) groups is 2. The molecule has 2 amide bonds. The molecule has 0 aromatic heterocycles. The summed E-state index contributed by atoms with van der Waals surface area (Å²) in [7, 11) is 0. The molecule has 0 aliphatic rings. The van der Waals surface area contributed by atoms with E-state index in [4.69, 9.17) is 22.1 Å². The monoisotopic (exact) mass is 318 g/mol. The minimum absolute atomic E-state index is 0.240. The molecule has 5 nitrogen and oxygen atoms in total. The van der Waals surface area contributed by atoms with Crippen molar-refractivity contribution >= 4 is 29.1 Å². The van der Waals surface area contributed by atoms with Gasteiger partial charge in [-0.2, -0.15) is 0 Å². The van der Waals surface area contributed by atoms with Crippen molar-refractivity contribution in [3.05, 3.63) is 58.6 Å². The van der Waals surface area contributed by atoms with Gasteiger partial charge < -0.3 is 15.8 Å². The van der Waals surface area contributed by atoms with Crippen LogP contribution in [-0.4, -0.2) is 18.4 Å². The second kappa shape index (κ2) is 6.95. The highest BCUT2D eigenvalue weighted by Crippen LogP contribution is 2.22. The van der Waals surface area contributed by atoms with E-state index in [2.05, 4.69) is 5.32 Å². The molecule has 0 saturated heterocycles. The lowest BCUT2D eigenvalue weighted by molar-refractivity contribution is 0.1000. The first kappa shape index (κ1) is 15.9. The average Bonchev–Trinajstić information content (AvgIpc) is 2.50. The smallest absolute Gasteiger partial charge is 0.259 e. The molecular weight excluding hydrogens is 304 g/mol. The third-order valence-corrected chi connectivity index (χ3v) is 3.16. The number of primary amides is 1. The van der Waals surface area contributed by atoms with Crippen LogP contribution in [0, 0.1) is 0 Å². The Balaban J connectivity index is 2.31. The van der Waals surface area contributed by atoms with Crippen molar-refractivity contribution in [3.63, 3.8) is 0 Å². The van der Waals surface area contributed by atoms with Gasteiger partial charge in [-0.3, -0.25) is 9.59 Å². The van der Waals surface area contributed by atoms with Gasteiger partial charge >= 0.3 is 0 Å². The molecule has 0 aliphatic heterocycles. The molecule has 2 rings (SSSR count). The predicted molar refractivity (Wildman–Crippen MR) is 85.5 cm³/mol. The molecule has 0 atom stereocenters. The number of rotatable bonds is 5. The molecule has 22 heavy (non-hydrogen) atoms. The largest absolute Gasteiger partial charge is 0.493 e. The Hall–Kier alpha value is -2.53. The maximum atomic E-state index is 12.4. The van der Waals surface area contributed by atoms with Gasteiger partial charge in [0.1, 0.15) is 5.75 Å². The number of hydrogen-bond donors (Lipinski definition) is 2. The summed E-state index contributed by atoms with van der Waals surface area (Å²) in [5, 5.41) is 3.29. The van der Waals surface area contributed by atoms with Crippen LogP contribution in [0.2, 0.25) is 5.02 Å². The molecule has 2 aromatic carbocycles. The van der Waals surface area contributed by atoms with E-state index in [9.17, 15) is 9.59 Å². The Kier molecular flexibility index (Phi) is 5.01. The van der Waals surface area contributed by atoms with Crippen molar-refractivity contribution in [1.29, 1.82) is 0 Å². The van der Waals surface area contributed by atoms with Gasteiger partial charge in [0.2, 0.25) is 5.91 Å². The second-order valence-corrected chi connectivity index (χ2v) is 4.91. The van der Waals surface area contributed by atoms with Crippen LogP contribution in [0.5, 0.6) is 5.75 Å². The Morgan fingerprint density at radius 1 is 1.18 bits per heavy atom. The summed E-state index contributed by atoms with van der Waals surface area (Å²) < 4.78 is 5.42. The number of ether oxygens (including phenoxy) is 1. The number of nitrogens with one attached hydrogen (secondary N) is 1. The first-order valence-corrected chi connectivity index (χ1v) is 7.02. The Bertz CT molecular complexity index is 699. The summed E-state index contributed by atoms with van der Waals surface area (Å²) >= 11 is 5.80. The Morgan fingerprint density at radius 2 is 1.86 bits per heavy atom. The average molecular weight is 319 g/mol. The minimum atomic E-state index is -0.608. The lowest BCUT2D eigenvalue weighted by Crippen LogP contribution is -2.17. The normalized spacial score (nSPS) is 10.1. The maximum absolute atomic E-state index is 12.4. The van der Waals surface area contributed by atoms with Crippen molar-refractivity contribution in [2.45, 2.75) is 6.92 Å². The van der Waals surface area contributed by atoms with Crippen molar-refractivity contribution in [2.75, 3.05) is 11.9 Å². The van der Waals surface area contributed by atoms with Crippen molar-refractivity contribution < 1.29 is 14.3 Å². The highest BCUT2D eigenvalue weighted by molar-refractivity contribution is 6.30. The van der Waals surface area contributed by atoms with Crippen LogP contribution in [-0.2, 0) is 0 Å². The van der Waals surface area contributed by atoms with E-state index in [-0.39, 0.29) is 11.1 Å². The van der Waals surface area contributed by atoms with Gasteiger partial charge in [-0.1, -0.05) is 11.6 Å². The van der Waals surface area contributed by atoms with E-state index < -0.39 is 11.8 Å². The molecule has 0 spiro atoms. The molecule has 2 aromatic rings. The quantitative estimate of drug-likeness (QED) is 0.888. The zero-order valence-electron chi connectivity index (χ0n) is 11.9. The van der Waals surface area contributed by atoms with E-state index in [0.717, 1.165) is 0 Å². The lowest BCUT2D eigenvalue weighted by atomic mass is 10.1. The standard InChI is InChI=1S/C16H15ClN2O3/c1-2-22-14-8-3-10(15(18)20)9-13(14)16(21)19-12-6-4-11(17)5-7-12/h3-9H,2H2,1H3,(H2,18,20)(H,19,21). The van der Waals surface area contributed by atoms with E-state index in [1.165, 1.54) is 12.1 Å². The van der Waals surface area contributed by atoms with Gasteiger partial charge in [0.25, 0.3) is 5.91 Å². The molecule has 3 N–H and O–H groups in total. The van der Waals surface area contributed by atoms with Crippen LogP contribution < -0.4 is 15.8 Å². The van der Waals surface area contributed by atoms with Crippen LogP contribution in [0.3, 0.4) is 0 Å².